The summed E-state index contributed by atoms with van der Waals surface area (Å²) in [6, 6.07) is 12.0. The fraction of sp³-hybridized carbons (Fsp3) is 0.217. The van der Waals surface area contributed by atoms with Crippen LogP contribution < -0.4 is 10.5 Å². The third kappa shape index (κ3) is 4.88. The topological polar surface area (TPSA) is 92.2 Å². The summed E-state index contributed by atoms with van der Waals surface area (Å²) in [6.07, 6.45) is 0.999. The fourth-order valence-electron chi connectivity index (χ4n) is 2.80. The van der Waals surface area contributed by atoms with E-state index in [9.17, 15) is 13.9 Å². The van der Waals surface area contributed by atoms with Crippen LogP contribution in [0.2, 0.25) is 0 Å². The SMILES string of the molecule is CC.N#Cc1ccc(Oc2ccc(C(F)(F)C(O)(CN)c3ccc(F)cc3F)nc2)cc1. The van der Waals surface area contributed by atoms with Gasteiger partial charge in [0.25, 0.3) is 0 Å². The van der Waals surface area contributed by atoms with Gasteiger partial charge in [-0.25, -0.2) is 8.78 Å². The predicted octanol–water partition coefficient (Wildman–Crippen LogP) is 4.99. The summed E-state index contributed by atoms with van der Waals surface area (Å²) in [5, 5.41) is 19.3. The standard InChI is InChI=1S/C21H15F4N3O2.C2H6/c22-14-3-7-17(18(23)9-14)20(29,12-27)21(24,25)19-8-6-16(11-28-19)30-15-4-1-13(10-26)2-5-15;1-2/h1-9,11,29H,12,27H2;1-2H3. The molecule has 1 unspecified atom stereocenters. The lowest BCUT2D eigenvalue weighted by atomic mass is 9.85. The average molecular weight is 447 g/mol. The number of ether oxygens (including phenoxy) is 1. The Morgan fingerprint density at radius 2 is 1.66 bits per heavy atom. The highest BCUT2D eigenvalue weighted by molar-refractivity contribution is 5.38. The molecule has 0 fully saturated rings. The zero-order valence-corrected chi connectivity index (χ0v) is 17.3. The fourth-order valence-corrected chi connectivity index (χ4v) is 2.80. The third-order valence-corrected chi connectivity index (χ3v) is 4.47. The molecule has 0 saturated heterocycles. The summed E-state index contributed by atoms with van der Waals surface area (Å²) in [5.74, 6) is -5.98. The van der Waals surface area contributed by atoms with Crippen molar-refractivity contribution < 1.29 is 27.4 Å². The molecular formula is C23H21F4N3O2. The van der Waals surface area contributed by atoms with E-state index in [0.29, 0.717) is 23.4 Å². The van der Waals surface area contributed by atoms with Gasteiger partial charge in [-0.15, -0.1) is 0 Å². The lowest BCUT2D eigenvalue weighted by Crippen LogP contribution is -2.50. The van der Waals surface area contributed by atoms with Gasteiger partial charge in [-0.1, -0.05) is 19.9 Å². The molecule has 0 radical (unpaired) electrons. The first kappa shape index (κ1) is 24.8. The Kier molecular flexibility index (Phi) is 7.92. The molecule has 168 valence electrons. The summed E-state index contributed by atoms with van der Waals surface area (Å²) in [5.41, 5.74) is 0.887. The van der Waals surface area contributed by atoms with E-state index < -0.39 is 41.0 Å². The van der Waals surface area contributed by atoms with Crippen LogP contribution in [-0.4, -0.2) is 16.6 Å². The van der Waals surface area contributed by atoms with E-state index in [1.807, 2.05) is 19.9 Å². The average Bonchev–Trinajstić information content (AvgIpc) is 2.80. The van der Waals surface area contributed by atoms with Crippen molar-refractivity contribution >= 4 is 0 Å². The first-order chi connectivity index (χ1) is 15.2. The monoisotopic (exact) mass is 447 g/mol. The third-order valence-electron chi connectivity index (χ3n) is 4.47. The van der Waals surface area contributed by atoms with Gasteiger partial charge in [0.1, 0.15) is 28.8 Å². The number of halogens is 4. The summed E-state index contributed by atoms with van der Waals surface area (Å²) >= 11 is 0. The molecule has 1 atom stereocenters. The van der Waals surface area contributed by atoms with Crippen LogP contribution in [0.3, 0.4) is 0 Å². The van der Waals surface area contributed by atoms with E-state index in [2.05, 4.69) is 4.98 Å². The van der Waals surface area contributed by atoms with Gasteiger partial charge >= 0.3 is 5.92 Å². The van der Waals surface area contributed by atoms with E-state index in [-0.39, 0.29) is 5.75 Å². The van der Waals surface area contributed by atoms with E-state index in [1.54, 1.807) is 0 Å². The van der Waals surface area contributed by atoms with Crippen molar-refractivity contribution in [2.24, 2.45) is 5.73 Å². The van der Waals surface area contributed by atoms with Crippen LogP contribution in [-0.2, 0) is 11.5 Å². The molecule has 2 aromatic carbocycles. The van der Waals surface area contributed by atoms with Gasteiger partial charge in [0.05, 0.1) is 17.8 Å². The van der Waals surface area contributed by atoms with Gasteiger partial charge in [-0.2, -0.15) is 14.0 Å². The first-order valence-electron chi connectivity index (χ1n) is 9.61. The minimum absolute atomic E-state index is 0.114. The molecule has 1 aromatic heterocycles. The molecule has 1 heterocycles. The molecule has 32 heavy (non-hydrogen) atoms. The highest BCUT2D eigenvalue weighted by Crippen LogP contribution is 2.45. The Hall–Kier alpha value is -3.48. The molecule has 0 aliphatic carbocycles. The number of aliphatic hydroxyl groups is 1. The minimum atomic E-state index is -4.10. The molecule has 0 bridgehead atoms. The number of hydrogen-bond donors (Lipinski definition) is 2. The van der Waals surface area contributed by atoms with Crippen molar-refractivity contribution in [2.45, 2.75) is 25.4 Å². The van der Waals surface area contributed by atoms with Crippen LogP contribution in [0.25, 0.3) is 0 Å². The van der Waals surface area contributed by atoms with E-state index in [1.165, 1.54) is 30.3 Å². The van der Waals surface area contributed by atoms with Gasteiger partial charge in [-0.3, -0.25) is 4.98 Å². The Bertz CT molecular complexity index is 1080. The number of rotatable bonds is 6. The second kappa shape index (κ2) is 10.2. The van der Waals surface area contributed by atoms with Crippen LogP contribution in [0.15, 0.2) is 60.8 Å². The Balaban J connectivity index is 0.00000176. The van der Waals surface area contributed by atoms with Crippen LogP contribution >= 0.6 is 0 Å². The van der Waals surface area contributed by atoms with E-state index in [0.717, 1.165) is 18.3 Å². The number of aromatic nitrogens is 1. The molecule has 3 rings (SSSR count). The first-order valence-corrected chi connectivity index (χ1v) is 9.61. The van der Waals surface area contributed by atoms with Crippen molar-refractivity contribution in [3.63, 3.8) is 0 Å². The van der Waals surface area contributed by atoms with Crippen LogP contribution in [0, 0.1) is 23.0 Å². The van der Waals surface area contributed by atoms with E-state index >= 15 is 8.78 Å². The summed E-state index contributed by atoms with van der Waals surface area (Å²) in [4.78, 5) is 3.63. The van der Waals surface area contributed by atoms with Gasteiger partial charge in [-0.05, 0) is 42.5 Å². The van der Waals surface area contributed by atoms with Crippen LogP contribution in [0.5, 0.6) is 11.5 Å². The number of nitrogens with zero attached hydrogens (tertiary/aromatic N) is 2. The molecule has 0 aliphatic rings. The van der Waals surface area contributed by atoms with Crippen molar-refractivity contribution in [3.05, 3.63) is 89.2 Å². The van der Waals surface area contributed by atoms with Gasteiger partial charge in [0, 0.05) is 18.2 Å². The maximum Gasteiger partial charge on any atom is 0.323 e. The minimum Gasteiger partial charge on any atom is -0.456 e. The largest absolute Gasteiger partial charge is 0.456 e. The Morgan fingerprint density at radius 1 is 1.03 bits per heavy atom. The molecule has 0 aliphatic heterocycles. The molecule has 0 amide bonds. The van der Waals surface area contributed by atoms with Gasteiger partial charge in [0.15, 0.2) is 5.60 Å². The highest BCUT2D eigenvalue weighted by Gasteiger charge is 2.56. The van der Waals surface area contributed by atoms with Gasteiger partial charge in [0.2, 0.25) is 0 Å². The number of nitriles is 1. The highest BCUT2D eigenvalue weighted by atomic mass is 19.3. The quantitative estimate of drug-likeness (QED) is 0.520. The molecular weight excluding hydrogens is 426 g/mol. The molecule has 0 spiro atoms. The van der Waals surface area contributed by atoms with Crippen molar-refractivity contribution in [1.82, 2.24) is 4.98 Å². The smallest absolute Gasteiger partial charge is 0.323 e. The maximum atomic E-state index is 15.1. The zero-order chi connectivity index (χ0) is 23.9. The lowest BCUT2D eigenvalue weighted by Gasteiger charge is -2.35. The summed E-state index contributed by atoms with van der Waals surface area (Å²) < 4.78 is 62.9. The molecule has 9 heteroatoms. The Labute approximate surface area is 182 Å². The number of benzene rings is 2. The van der Waals surface area contributed by atoms with Crippen molar-refractivity contribution in [1.29, 1.82) is 5.26 Å². The predicted molar refractivity (Wildman–Crippen MR) is 110 cm³/mol. The summed E-state index contributed by atoms with van der Waals surface area (Å²) in [7, 11) is 0. The normalized spacial score (nSPS) is 12.7. The molecule has 3 aromatic rings. The van der Waals surface area contributed by atoms with Crippen LogP contribution in [0.4, 0.5) is 17.6 Å². The molecule has 5 nitrogen and oxygen atoms in total. The number of alkyl halides is 2. The molecule has 0 saturated carbocycles. The number of nitrogens with two attached hydrogens (primary N) is 1. The Morgan fingerprint density at radius 3 is 2.16 bits per heavy atom. The van der Waals surface area contributed by atoms with Crippen molar-refractivity contribution in [2.75, 3.05) is 6.54 Å². The van der Waals surface area contributed by atoms with Crippen LogP contribution in [0.1, 0.15) is 30.7 Å². The number of hydrogen-bond acceptors (Lipinski definition) is 5. The van der Waals surface area contributed by atoms with E-state index in [4.69, 9.17) is 15.7 Å². The summed E-state index contributed by atoms with van der Waals surface area (Å²) in [6.45, 7) is 2.95. The maximum absolute atomic E-state index is 15.1. The second-order valence-corrected chi connectivity index (χ2v) is 6.38. The zero-order valence-electron chi connectivity index (χ0n) is 17.3. The van der Waals surface area contributed by atoms with Gasteiger partial charge < -0.3 is 15.6 Å². The number of pyridine rings is 1. The lowest BCUT2D eigenvalue weighted by molar-refractivity contribution is -0.193. The molecule has 3 N–H and O–H groups in total. The second-order valence-electron chi connectivity index (χ2n) is 6.38. The van der Waals surface area contributed by atoms with Crippen molar-refractivity contribution in [3.8, 4) is 17.6 Å².